The molecular weight excluding hydrogens is 411 g/mol. The van der Waals surface area contributed by atoms with Crippen LogP contribution in [-0.2, 0) is 25.2 Å². The number of carbonyl (C=O) groups excluding carboxylic acids is 2. The lowest BCUT2D eigenvalue weighted by molar-refractivity contribution is -0.141. The SMILES string of the molecule is COCCOC(=O)C1=C(C)NC2=C(C(=O)CC(C)(C)C2)[C@H]1c1ccc(C(F)(F)F)cc1. The van der Waals surface area contributed by atoms with Crippen LogP contribution in [0.4, 0.5) is 13.2 Å². The molecule has 1 heterocycles. The van der Waals surface area contributed by atoms with Crippen molar-refractivity contribution in [1.29, 1.82) is 0 Å². The van der Waals surface area contributed by atoms with Gasteiger partial charge in [0.2, 0.25) is 0 Å². The molecule has 0 aromatic heterocycles. The first-order valence-corrected chi connectivity index (χ1v) is 10.0. The number of nitrogens with one attached hydrogen (secondary N) is 1. The quantitative estimate of drug-likeness (QED) is 0.543. The van der Waals surface area contributed by atoms with Gasteiger partial charge in [-0.25, -0.2) is 4.79 Å². The molecule has 1 aromatic rings. The molecule has 1 aliphatic heterocycles. The van der Waals surface area contributed by atoms with Crippen LogP contribution in [0.1, 0.15) is 50.7 Å². The first kappa shape index (κ1) is 23.1. The summed E-state index contributed by atoms with van der Waals surface area (Å²) in [7, 11) is 1.48. The molecule has 0 fully saturated rings. The van der Waals surface area contributed by atoms with Crippen LogP contribution in [0.15, 0.2) is 46.8 Å². The fourth-order valence-corrected chi connectivity index (χ4v) is 4.20. The topological polar surface area (TPSA) is 64.6 Å². The van der Waals surface area contributed by atoms with E-state index in [0.29, 0.717) is 29.0 Å². The molecule has 1 aliphatic carbocycles. The Morgan fingerprint density at radius 3 is 2.39 bits per heavy atom. The summed E-state index contributed by atoms with van der Waals surface area (Å²) in [6.07, 6.45) is -3.60. The average molecular weight is 437 g/mol. The van der Waals surface area contributed by atoms with E-state index in [1.54, 1.807) is 6.92 Å². The number of Topliss-reactive ketones (excluding diaryl/α,β-unsaturated/α-hetero) is 1. The van der Waals surface area contributed by atoms with Gasteiger partial charge in [-0.1, -0.05) is 26.0 Å². The summed E-state index contributed by atoms with van der Waals surface area (Å²) in [5.41, 5.74) is 1.26. The lowest BCUT2D eigenvalue weighted by Crippen LogP contribution is -2.38. The van der Waals surface area contributed by atoms with Crippen LogP contribution in [0.5, 0.6) is 0 Å². The fraction of sp³-hybridized carbons (Fsp3) is 0.478. The number of hydrogen-bond donors (Lipinski definition) is 1. The van der Waals surface area contributed by atoms with Gasteiger partial charge in [-0.05, 0) is 36.5 Å². The smallest absolute Gasteiger partial charge is 0.416 e. The van der Waals surface area contributed by atoms with E-state index in [0.717, 1.165) is 12.1 Å². The summed E-state index contributed by atoms with van der Waals surface area (Å²) in [6.45, 7) is 5.91. The summed E-state index contributed by atoms with van der Waals surface area (Å²) in [6, 6.07) is 4.59. The molecule has 31 heavy (non-hydrogen) atoms. The van der Waals surface area contributed by atoms with Crippen LogP contribution in [-0.4, -0.2) is 32.1 Å². The highest BCUT2D eigenvalue weighted by atomic mass is 19.4. The molecular formula is C23H26F3NO4. The van der Waals surface area contributed by atoms with Gasteiger partial charge in [0.25, 0.3) is 0 Å². The summed E-state index contributed by atoms with van der Waals surface area (Å²) in [4.78, 5) is 26.0. The zero-order chi connectivity index (χ0) is 23.0. The third-order valence-electron chi connectivity index (χ3n) is 5.55. The average Bonchev–Trinajstić information content (AvgIpc) is 2.65. The molecule has 3 rings (SSSR count). The molecule has 168 valence electrons. The van der Waals surface area contributed by atoms with E-state index in [4.69, 9.17) is 9.47 Å². The lowest BCUT2D eigenvalue weighted by Gasteiger charge is -2.39. The number of ketones is 1. The van der Waals surface area contributed by atoms with Gasteiger partial charge in [0.05, 0.1) is 17.7 Å². The summed E-state index contributed by atoms with van der Waals surface area (Å²) in [5, 5.41) is 3.19. The Morgan fingerprint density at radius 1 is 1.16 bits per heavy atom. The van der Waals surface area contributed by atoms with Crippen molar-refractivity contribution in [3.8, 4) is 0 Å². The van der Waals surface area contributed by atoms with E-state index in [1.807, 2.05) is 13.8 Å². The number of benzene rings is 1. The standard InChI is InChI=1S/C23H26F3NO4/c1-13-18(21(29)31-10-9-30-4)19(14-5-7-15(8-6-14)23(24,25)26)20-16(27-13)11-22(2,3)12-17(20)28/h5-8,19,27H,9-12H2,1-4H3/t19-/m0/s1. The zero-order valence-electron chi connectivity index (χ0n) is 18.0. The van der Waals surface area contributed by atoms with E-state index in [1.165, 1.54) is 19.2 Å². The van der Waals surface area contributed by atoms with Gasteiger partial charge in [-0.15, -0.1) is 0 Å². The monoisotopic (exact) mass is 437 g/mol. The maximum Gasteiger partial charge on any atom is 0.416 e. The van der Waals surface area contributed by atoms with E-state index < -0.39 is 23.6 Å². The number of allylic oxidation sites excluding steroid dienone is 3. The number of hydrogen-bond acceptors (Lipinski definition) is 5. The molecule has 8 heteroatoms. The minimum Gasteiger partial charge on any atom is -0.460 e. The first-order chi connectivity index (χ1) is 14.4. The van der Waals surface area contributed by atoms with Gasteiger partial charge in [0, 0.05) is 36.4 Å². The highest BCUT2D eigenvalue weighted by Crippen LogP contribution is 2.47. The van der Waals surface area contributed by atoms with Gasteiger partial charge < -0.3 is 14.8 Å². The molecule has 2 aliphatic rings. The van der Waals surface area contributed by atoms with Crippen LogP contribution in [0, 0.1) is 5.41 Å². The molecule has 1 N–H and O–H groups in total. The molecule has 0 radical (unpaired) electrons. The second-order valence-electron chi connectivity index (χ2n) is 8.68. The van der Waals surface area contributed by atoms with Crippen LogP contribution in [0.3, 0.4) is 0 Å². The molecule has 0 spiro atoms. The number of halogens is 3. The summed E-state index contributed by atoms with van der Waals surface area (Å²) >= 11 is 0. The Balaban J connectivity index is 2.09. The number of carbonyl (C=O) groups is 2. The van der Waals surface area contributed by atoms with Crippen molar-refractivity contribution >= 4 is 11.8 Å². The van der Waals surface area contributed by atoms with Gasteiger partial charge in [0.1, 0.15) is 6.61 Å². The number of dihydropyridines is 1. The minimum atomic E-state index is -4.48. The largest absolute Gasteiger partial charge is 0.460 e. The van der Waals surface area contributed by atoms with Crippen molar-refractivity contribution in [2.75, 3.05) is 20.3 Å². The van der Waals surface area contributed by atoms with Crippen LogP contribution in [0.25, 0.3) is 0 Å². The van der Waals surface area contributed by atoms with Crippen LogP contribution in [0.2, 0.25) is 0 Å². The number of alkyl halides is 3. The Morgan fingerprint density at radius 2 is 1.81 bits per heavy atom. The van der Waals surface area contributed by atoms with Crippen molar-refractivity contribution in [1.82, 2.24) is 5.32 Å². The molecule has 0 amide bonds. The minimum absolute atomic E-state index is 0.0265. The number of ether oxygens (including phenoxy) is 2. The Kier molecular flexibility index (Phi) is 6.32. The van der Waals surface area contributed by atoms with Gasteiger partial charge in [-0.3, -0.25) is 4.79 Å². The van der Waals surface area contributed by atoms with Crippen LogP contribution < -0.4 is 5.32 Å². The normalized spacial score (nSPS) is 21.0. The third-order valence-corrected chi connectivity index (χ3v) is 5.55. The van der Waals surface area contributed by atoms with Gasteiger partial charge in [-0.2, -0.15) is 13.2 Å². The van der Waals surface area contributed by atoms with Gasteiger partial charge in [0.15, 0.2) is 5.78 Å². The molecule has 1 aromatic carbocycles. The molecule has 0 saturated heterocycles. The predicted molar refractivity (Wildman–Crippen MR) is 108 cm³/mol. The van der Waals surface area contributed by atoms with E-state index in [9.17, 15) is 22.8 Å². The molecule has 0 saturated carbocycles. The van der Waals surface area contributed by atoms with E-state index in [2.05, 4.69) is 5.32 Å². The Labute approximate surface area is 179 Å². The summed E-state index contributed by atoms with van der Waals surface area (Å²) < 4.78 is 49.4. The number of esters is 1. The highest BCUT2D eigenvalue weighted by Gasteiger charge is 2.43. The number of methoxy groups -OCH3 is 1. The predicted octanol–water partition coefficient (Wildman–Crippen LogP) is 4.50. The Hall–Kier alpha value is -2.61. The maximum atomic E-state index is 13.1. The molecule has 5 nitrogen and oxygen atoms in total. The zero-order valence-corrected chi connectivity index (χ0v) is 18.0. The fourth-order valence-electron chi connectivity index (χ4n) is 4.20. The van der Waals surface area contributed by atoms with E-state index in [-0.39, 0.29) is 36.4 Å². The van der Waals surface area contributed by atoms with Crippen molar-refractivity contribution < 1.29 is 32.2 Å². The molecule has 0 bridgehead atoms. The maximum absolute atomic E-state index is 13.1. The lowest BCUT2D eigenvalue weighted by atomic mass is 9.68. The molecule has 1 atom stereocenters. The van der Waals surface area contributed by atoms with Crippen molar-refractivity contribution in [2.45, 2.75) is 45.7 Å². The third kappa shape index (κ3) is 4.84. The summed E-state index contributed by atoms with van der Waals surface area (Å²) in [5.74, 6) is -1.55. The second-order valence-corrected chi connectivity index (χ2v) is 8.68. The molecule has 0 unspecified atom stereocenters. The van der Waals surface area contributed by atoms with Crippen molar-refractivity contribution in [2.24, 2.45) is 5.41 Å². The van der Waals surface area contributed by atoms with Crippen LogP contribution >= 0.6 is 0 Å². The number of rotatable bonds is 5. The second kappa shape index (κ2) is 8.49. The van der Waals surface area contributed by atoms with Crippen molar-refractivity contribution in [3.05, 3.63) is 57.9 Å². The first-order valence-electron chi connectivity index (χ1n) is 10.0. The highest BCUT2D eigenvalue weighted by molar-refractivity contribution is 6.04. The van der Waals surface area contributed by atoms with E-state index >= 15 is 0 Å². The van der Waals surface area contributed by atoms with Gasteiger partial charge >= 0.3 is 12.1 Å². The van der Waals surface area contributed by atoms with Crippen molar-refractivity contribution in [3.63, 3.8) is 0 Å². The Bertz CT molecular complexity index is 943.